The molecule has 35 heavy (non-hydrogen) atoms. The first-order valence-corrected chi connectivity index (χ1v) is 10.8. The smallest absolute Gasteiger partial charge is 0.307 e. The summed E-state index contributed by atoms with van der Waals surface area (Å²) in [6.45, 7) is -2.07. The van der Waals surface area contributed by atoms with Crippen molar-refractivity contribution in [3.05, 3.63) is 64.2 Å². The van der Waals surface area contributed by atoms with Gasteiger partial charge in [0.25, 0.3) is 18.8 Å². The lowest BCUT2D eigenvalue weighted by molar-refractivity contribution is -0.136. The Hall–Kier alpha value is -3.53. The number of ether oxygens (including phenoxy) is 2. The number of carbonyl (C=O) groups excluding carboxylic acids is 1. The minimum atomic E-state index is -2.82. The summed E-state index contributed by atoms with van der Waals surface area (Å²) in [6.07, 6.45) is -5.89. The number of carbonyl (C=O) groups is 2. The number of halogens is 5. The number of benzene rings is 3. The van der Waals surface area contributed by atoms with Crippen LogP contribution in [-0.4, -0.2) is 43.0 Å². The van der Waals surface area contributed by atoms with Crippen LogP contribution in [0.2, 0.25) is 5.02 Å². The van der Waals surface area contributed by atoms with Crippen molar-refractivity contribution in [2.45, 2.75) is 25.8 Å². The molecule has 3 aromatic rings. The number of hydrogen-bond donors (Lipinski definition) is 1. The van der Waals surface area contributed by atoms with Gasteiger partial charge in [-0.15, -0.1) is 0 Å². The van der Waals surface area contributed by atoms with Crippen LogP contribution in [0.5, 0.6) is 11.5 Å². The first kappa shape index (κ1) is 24.6. The van der Waals surface area contributed by atoms with E-state index in [1.807, 2.05) is 0 Å². The van der Waals surface area contributed by atoms with Gasteiger partial charge in [0.1, 0.15) is 24.7 Å². The van der Waals surface area contributed by atoms with Crippen LogP contribution in [0.1, 0.15) is 21.5 Å². The number of carboxylic acid groups (broad SMARTS) is 1. The Morgan fingerprint density at radius 3 is 2.17 bits per heavy atom. The van der Waals surface area contributed by atoms with Crippen molar-refractivity contribution in [2.24, 2.45) is 0 Å². The predicted molar refractivity (Wildman–Crippen MR) is 120 cm³/mol. The fourth-order valence-electron chi connectivity index (χ4n) is 4.02. The summed E-state index contributed by atoms with van der Waals surface area (Å²) in [5, 5.41) is 9.66. The third-order valence-electron chi connectivity index (χ3n) is 5.36. The molecule has 0 fully saturated rings. The number of carboxylic acids is 1. The summed E-state index contributed by atoms with van der Waals surface area (Å²) in [4.78, 5) is 25.7. The molecule has 6 nitrogen and oxygen atoms in total. The molecule has 0 unspecified atom stereocenters. The highest BCUT2D eigenvalue weighted by molar-refractivity contribution is 6.34. The van der Waals surface area contributed by atoms with Gasteiger partial charge in [-0.3, -0.25) is 9.59 Å². The molecule has 0 saturated carbocycles. The maximum atomic E-state index is 13.5. The molecule has 1 heterocycles. The minimum absolute atomic E-state index is 0.0229. The number of fused-ring (bicyclic) bond motifs is 2. The lowest BCUT2D eigenvalue weighted by atomic mass is 9.99. The Kier molecular flexibility index (Phi) is 7.02. The summed E-state index contributed by atoms with van der Waals surface area (Å²) in [7, 11) is 0. The number of nitrogens with zero attached hydrogens (tertiary/aromatic N) is 1. The van der Waals surface area contributed by atoms with Gasteiger partial charge < -0.3 is 19.5 Å². The van der Waals surface area contributed by atoms with Crippen molar-refractivity contribution in [3.8, 4) is 11.5 Å². The molecular formula is C24H18ClF4NO5. The van der Waals surface area contributed by atoms with E-state index in [0.29, 0.717) is 10.9 Å². The molecule has 4 rings (SSSR count). The van der Waals surface area contributed by atoms with Gasteiger partial charge in [-0.25, -0.2) is 17.6 Å². The first-order valence-electron chi connectivity index (χ1n) is 10.4. The van der Waals surface area contributed by atoms with Crippen LogP contribution in [0, 0.1) is 0 Å². The van der Waals surface area contributed by atoms with E-state index < -0.39 is 37.9 Å². The largest absolute Gasteiger partial charge is 0.487 e. The molecule has 1 N–H and O–H groups in total. The van der Waals surface area contributed by atoms with Crippen LogP contribution in [0.4, 0.5) is 23.2 Å². The van der Waals surface area contributed by atoms with E-state index in [1.54, 1.807) is 18.2 Å². The average molecular weight is 512 g/mol. The molecule has 184 valence electrons. The van der Waals surface area contributed by atoms with Gasteiger partial charge in [0, 0.05) is 16.3 Å². The second kappa shape index (κ2) is 9.99. The second-order valence-electron chi connectivity index (χ2n) is 7.71. The number of hydrogen-bond acceptors (Lipinski definition) is 4. The number of anilines is 1. The van der Waals surface area contributed by atoms with Crippen molar-refractivity contribution in [3.63, 3.8) is 0 Å². The zero-order chi connectivity index (χ0) is 25.3. The highest BCUT2D eigenvalue weighted by atomic mass is 35.5. The average Bonchev–Trinajstić information content (AvgIpc) is 3.12. The molecule has 0 spiro atoms. The zero-order valence-electron chi connectivity index (χ0n) is 17.9. The van der Waals surface area contributed by atoms with E-state index >= 15 is 0 Å². The summed E-state index contributed by atoms with van der Waals surface area (Å²) in [5.41, 5.74) is 0.748. The third kappa shape index (κ3) is 4.97. The maximum Gasteiger partial charge on any atom is 0.307 e. The van der Waals surface area contributed by atoms with Gasteiger partial charge in [-0.2, -0.15) is 0 Å². The first-order chi connectivity index (χ1) is 16.7. The summed E-state index contributed by atoms with van der Waals surface area (Å²) >= 11 is 6.34. The topological polar surface area (TPSA) is 76.1 Å². The Balaban J connectivity index is 1.85. The van der Waals surface area contributed by atoms with Gasteiger partial charge >= 0.3 is 5.97 Å². The monoisotopic (exact) mass is 511 g/mol. The Morgan fingerprint density at radius 2 is 1.60 bits per heavy atom. The van der Waals surface area contributed by atoms with Crippen LogP contribution < -0.4 is 14.4 Å². The van der Waals surface area contributed by atoms with Gasteiger partial charge in [0.2, 0.25) is 0 Å². The van der Waals surface area contributed by atoms with E-state index in [4.69, 9.17) is 26.2 Å². The molecule has 1 amide bonds. The van der Waals surface area contributed by atoms with Crippen LogP contribution in [0.25, 0.3) is 10.8 Å². The van der Waals surface area contributed by atoms with Gasteiger partial charge in [-0.1, -0.05) is 41.9 Å². The molecular weight excluding hydrogens is 494 g/mol. The minimum Gasteiger partial charge on any atom is -0.487 e. The SMILES string of the molecule is O=C(O)Cc1ccc(N2Cc3c(c(OCC(F)F)c4ccccc4c3OCC(F)F)C2=O)c(Cl)c1. The van der Waals surface area contributed by atoms with Crippen molar-refractivity contribution >= 4 is 39.9 Å². The van der Waals surface area contributed by atoms with Crippen LogP contribution in [0.3, 0.4) is 0 Å². The molecule has 0 atom stereocenters. The Morgan fingerprint density at radius 1 is 1.00 bits per heavy atom. The standard InChI is InChI=1S/C24H18ClF4NO5/c25-16-7-12(8-20(31)32)5-6-17(16)30-9-15-21(24(30)33)23(35-11-19(28)29)14-4-2-1-3-13(14)22(15)34-10-18(26)27/h1-7,18-19H,8-11H2,(H,31,32). The molecule has 0 aliphatic carbocycles. The second-order valence-corrected chi connectivity index (χ2v) is 8.12. The summed E-state index contributed by atoms with van der Waals surface area (Å²) < 4.78 is 62.7. The van der Waals surface area contributed by atoms with E-state index in [-0.39, 0.29) is 51.7 Å². The van der Waals surface area contributed by atoms with Crippen molar-refractivity contribution in [1.29, 1.82) is 0 Å². The number of aliphatic carboxylic acids is 1. The lowest BCUT2D eigenvalue weighted by Gasteiger charge is -2.18. The molecule has 1 aliphatic heterocycles. The van der Waals surface area contributed by atoms with Crippen molar-refractivity contribution < 1.29 is 41.7 Å². The van der Waals surface area contributed by atoms with Crippen LogP contribution in [0.15, 0.2) is 42.5 Å². The summed E-state index contributed by atoms with van der Waals surface area (Å²) in [6, 6.07) is 10.7. The molecule has 3 aromatic carbocycles. The summed E-state index contributed by atoms with van der Waals surface area (Å²) in [5.74, 6) is -1.79. The molecule has 0 saturated heterocycles. The third-order valence-corrected chi connectivity index (χ3v) is 5.66. The fraction of sp³-hybridized carbons (Fsp3) is 0.250. The van der Waals surface area contributed by atoms with Crippen LogP contribution in [-0.2, 0) is 17.8 Å². The molecule has 0 radical (unpaired) electrons. The molecule has 0 aromatic heterocycles. The molecule has 0 bridgehead atoms. The van der Waals surface area contributed by atoms with Gasteiger partial charge in [-0.05, 0) is 17.7 Å². The van der Waals surface area contributed by atoms with Gasteiger partial charge in [0.05, 0.1) is 29.2 Å². The number of rotatable bonds is 9. The maximum absolute atomic E-state index is 13.5. The zero-order valence-corrected chi connectivity index (χ0v) is 18.7. The Bertz CT molecular complexity index is 1300. The van der Waals surface area contributed by atoms with Crippen LogP contribution >= 0.6 is 11.6 Å². The Labute approximate surface area is 201 Å². The lowest BCUT2D eigenvalue weighted by Crippen LogP contribution is -2.24. The number of alkyl halides is 4. The number of amides is 1. The van der Waals surface area contributed by atoms with E-state index in [9.17, 15) is 27.2 Å². The highest BCUT2D eigenvalue weighted by Gasteiger charge is 2.38. The van der Waals surface area contributed by atoms with E-state index in [0.717, 1.165) is 0 Å². The normalized spacial score (nSPS) is 13.1. The van der Waals surface area contributed by atoms with Gasteiger partial charge in [0.15, 0.2) is 0 Å². The van der Waals surface area contributed by atoms with E-state index in [1.165, 1.54) is 29.2 Å². The van der Waals surface area contributed by atoms with E-state index in [2.05, 4.69) is 0 Å². The predicted octanol–water partition coefficient (Wildman–Crippen LogP) is 5.57. The van der Waals surface area contributed by atoms with Crippen molar-refractivity contribution in [2.75, 3.05) is 18.1 Å². The molecule has 11 heteroatoms. The highest BCUT2D eigenvalue weighted by Crippen LogP contribution is 2.47. The molecule has 1 aliphatic rings. The quantitative estimate of drug-likeness (QED) is 0.380. The fourth-order valence-corrected chi connectivity index (χ4v) is 4.33. The van der Waals surface area contributed by atoms with Crippen molar-refractivity contribution in [1.82, 2.24) is 0 Å².